The Hall–Kier alpha value is -2.31. The summed E-state index contributed by atoms with van der Waals surface area (Å²) >= 11 is 13.1. The van der Waals surface area contributed by atoms with Crippen molar-refractivity contribution in [1.29, 1.82) is 0 Å². The van der Waals surface area contributed by atoms with Crippen molar-refractivity contribution in [2.45, 2.75) is 56.8 Å². The second-order valence-electron chi connectivity index (χ2n) is 11.1. The van der Waals surface area contributed by atoms with Crippen molar-refractivity contribution in [2.75, 3.05) is 25.6 Å². The molecule has 2 aliphatic rings. The largest absolute Gasteiger partial charge is 1.00 e. The van der Waals surface area contributed by atoms with Crippen molar-refractivity contribution in [3.63, 3.8) is 0 Å². The number of nitrogens with zero attached hydrogens (tertiary/aromatic N) is 2. The van der Waals surface area contributed by atoms with Crippen LogP contribution in [0.5, 0.6) is 0 Å². The molecule has 0 unspecified atom stereocenters. The fraction of sp³-hybridized carbons (Fsp3) is 0.452. The van der Waals surface area contributed by atoms with Gasteiger partial charge in [-0.3, -0.25) is 9.59 Å². The molecule has 1 aliphatic heterocycles. The van der Waals surface area contributed by atoms with Gasteiger partial charge in [-0.25, -0.2) is 0 Å². The van der Waals surface area contributed by atoms with Gasteiger partial charge in [0.15, 0.2) is 0 Å². The maximum absolute atomic E-state index is 13.5. The van der Waals surface area contributed by atoms with Crippen LogP contribution in [-0.2, 0) is 32.5 Å². The van der Waals surface area contributed by atoms with Crippen molar-refractivity contribution in [1.82, 2.24) is 9.47 Å². The number of aryl methyl sites for hydroxylation is 1. The third kappa shape index (κ3) is 10.8. The number of hydrogen-bond acceptors (Lipinski definition) is 6. The number of carboxylic acid groups (broad SMARTS) is 1. The van der Waals surface area contributed by atoms with Crippen molar-refractivity contribution in [3.8, 4) is 0 Å². The van der Waals surface area contributed by atoms with Gasteiger partial charge in [0, 0.05) is 48.8 Å². The molecule has 1 saturated carbocycles. The number of carbonyl (C=O) groups excluding carboxylic acids is 3. The van der Waals surface area contributed by atoms with Gasteiger partial charge in [0.05, 0.1) is 47.6 Å². The third-order valence-corrected chi connectivity index (χ3v) is 9.09. The fourth-order valence-electron chi connectivity index (χ4n) is 6.02. The van der Waals surface area contributed by atoms with E-state index >= 15 is 0 Å². The van der Waals surface area contributed by atoms with Gasteiger partial charge in [0.2, 0.25) is 5.91 Å². The van der Waals surface area contributed by atoms with Crippen LogP contribution in [0.25, 0.3) is 10.9 Å². The number of methoxy groups -OCH3 is 1. The molecular weight excluding hydrogens is 684 g/mol. The van der Waals surface area contributed by atoms with Gasteiger partial charge in [-0.15, -0.1) is 0 Å². The number of carboxylic acids is 1. The van der Waals surface area contributed by atoms with E-state index in [9.17, 15) is 19.5 Å². The zero-order chi connectivity index (χ0) is 30.0. The van der Waals surface area contributed by atoms with Crippen LogP contribution < -0.4 is 40.0 Å². The zero-order valence-electron chi connectivity index (χ0n) is 27.1. The maximum Gasteiger partial charge on any atom is 1.00 e. The number of hydrogen-bond donors (Lipinski definition) is 1. The monoisotopic (exact) mass is 727 g/mol. The number of benzene rings is 2. The Morgan fingerprint density at radius 2 is 1.60 bits per heavy atom. The predicted molar refractivity (Wildman–Crippen MR) is 177 cm³/mol. The normalized spacial score (nSPS) is 19.6. The molecule has 14 nitrogen and oxygen atoms in total. The summed E-state index contributed by atoms with van der Waals surface area (Å²) in [5.74, 6) is -1.86. The van der Waals surface area contributed by atoms with E-state index in [0.29, 0.717) is 67.1 Å². The number of fused-ring (bicyclic) bond motifs is 1. The molecule has 2 aromatic carbocycles. The Balaban J connectivity index is 0. The average Bonchev–Trinajstić information content (AvgIpc) is 3.56. The molecule has 264 valence electrons. The number of ether oxygens (including phenoxy) is 2. The molecule has 2 amide bonds. The van der Waals surface area contributed by atoms with Gasteiger partial charge in [-0.1, -0.05) is 41.4 Å². The maximum atomic E-state index is 13.5. The first-order valence-electron chi connectivity index (χ1n) is 14.1. The first-order valence-corrected chi connectivity index (χ1v) is 14.9. The third-order valence-electron chi connectivity index (χ3n) is 8.43. The van der Waals surface area contributed by atoms with Crippen LogP contribution in [0.15, 0.2) is 42.6 Å². The smallest absolute Gasteiger partial charge is 0.550 e. The summed E-state index contributed by atoms with van der Waals surface area (Å²) in [5, 5.41) is 15.4. The van der Waals surface area contributed by atoms with Gasteiger partial charge in [0.25, 0.3) is 5.91 Å². The molecule has 11 N–H and O–H groups in total. The molecular formula is C31H44Cl2N3NaO11. The number of amides is 2. The van der Waals surface area contributed by atoms with Crippen molar-refractivity contribution in [3.05, 3.63) is 63.8 Å². The number of para-hydroxylation sites is 1. The van der Waals surface area contributed by atoms with Gasteiger partial charge >= 0.3 is 29.6 Å². The summed E-state index contributed by atoms with van der Waals surface area (Å²) in [6.45, 7) is 0.783. The number of carbonyl (C=O) groups is 3. The number of halogens is 2. The fourth-order valence-corrected chi connectivity index (χ4v) is 6.48. The van der Waals surface area contributed by atoms with Gasteiger partial charge in [-0.05, 0) is 61.8 Å². The minimum atomic E-state index is -0.997. The van der Waals surface area contributed by atoms with E-state index in [1.165, 1.54) is 0 Å². The molecule has 5 rings (SSSR count). The van der Waals surface area contributed by atoms with Crippen LogP contribution in [0.3, 0.4) is 0 Å². The van der Waals surface area contributed by atoms with E-state index in [4.69, 9.17) is 32.7 Å². The SMILES string of the molecule is CO[C@H]1C[C@@H](COC2CCC(C(=O)[O-])CC2)N(C(=O)Cc2cc(Cl)c(NC(=O)c3cn(C)c4ccccc34)cc2Cl)C1.O.O.O.O.O.[Na+]. The van der Waals surface area contributed by atoms with Crippen LogP contribution in [0.4, 0.5) is 5.69 Å². The summed E-state index contributed by atoms with van der Waals surface area (Å²) in [6.07, 6.45) is 4.69. The van der Waals surface area contributed by atoms with Crippen molar-refractivity contribution in [2.24, 2.45) is 13.0 Å². The molecule has 1 aromatic heterocycles. The van der Waals surface area contributed by atoms with Crippen LogP contribution in [0.2, 0.25) is 10.0 Å². The summed E-state index contributed by atoms with van der Waals surface area (Å²) in [7, 11) is 3.50. The summed E-state index contributed by atoms with van der Waals surface area (Å²) in [4.78, 5) is 39.5. The van der Waals surface area contributed by atoms with Gasteiger partial charge in [0.1, 0.15) is 0 Å². The number of aromatic nitrogens is 1. The van der Waals surface area contributed by atoms with Gasteiger partial charge in [-0.2, -0.15) is 0 Å². The molecule has 0 radical (unpaired) electrons. The number of rotatable bonds is 9. The number of aliphatic carboxylic acids is 1. The predicted octanol–water partition coefficient (Wildman–Crippen LogP) is -2.90. The second kappa shape index (κ2) is 21.0. The first kappa shape index (κ1) is 47.8. The van der Waals surface area contributed by atoms with Crippen LogP contribution in [-0.4, -0.2) is 93.1 Å². The number of anilines is 1. The standard InChI is InChI=1S/C31H35Cl2N3O6.Na.5H2O/c1-35-16-24(23-5-3-4-6-28(23)35)30(38)34-27-14-25(32)19(11-26(27)33)12-29(37)36-15-22(41-2)13-20(36)17-42-21-9-7-18(8-10-21)31(39)40;;;;;;/h3-6,11,14,16,18,20-22H,7-10,12-13,15,17H2,1-2H3,(H,34,38)(H,39,40);;5*1H2/q;+1;;;;;/p-1/t18?,20-,21?,22-;;;;;;/m0....../s1. The van der Waals surface area contributed by atoms with Crippen molar-refractivity contribution >= 4 is 57.6 Å². The molecule has 2 heterocycles. The van der Waals surface area contributed by atoms with Crippen LogP contribution in [0, 0.1) is 5.92 Å². The zero-order valence-corrected chi connectivity index (χ0v) is 30.6. The van der Waals surface area contributed by atoms with Gasteiger partial charge < -0.3 is 61.5 Å². The molecule has 2 atom stereocenters. The summed E-state index contributed by atoms with van der Waals surface area (Å²) < 4.78 is 13.6. The molecule has 17 heteroatoms. The minimum absolute atomic E-state index is 0. The molecule has 2 fully saturated rings. The molecule has 0 bridgehead atoms. The quantitative estimate of drug-likeness (QED) is 0.226. The van der Waals surface area contributed by atoms with Crippen LogP contribution in [0.1, 0.15) is 48.0 Å². The summed E-state index contributed by atoms with van der Waals surface area (Å²) in [6, 6.07) is 10.6. The topological polar surface area (TPSA) is 270 Å². The van der Waals surface area contributed by atoms with E-state index in [0.717, 1.165) is 10.9 Å². The van der Waals surface area contributed by atoms with Crippen molar-refractivity contribution < 1.29 is 85.9 Å². The van der Waals surface area contributed by atoms with E-state index in [2.05, 4.69) is 5.32 Å². The Morgan fingerprint density at radius 3 is 2.23 bits per heavy atom. The number of nitrogens with one attached hydrogen (secondary N) is 1. The minimum Gasteiger partial charge on any atom is -0.550 e. The molecule has 48 heavy (non-hydrogen) atoms. The molecule has 1 aliphatic carbocycles. The second-order valence-corrected chi connectivity index (χ2v) is 12.0. The Morgan fingerprint density at radius 1 is 0.958 bits per heavy atom. The van der Waals surface area contributed by atoms with Crippen LogP contribution >= 0.6 is 23.2 Å². The van der Waals surface area contributed by atoms with E-state index < -0.39 is 11.9 Å². The van der Waals surface area contributed by atoms with E-state index in [-0.39, 0.29) is 98.4 Å². The molecule has 1 saturated heterocycles. The Kier molecular flexibility index (Phi) is 20.9. The number of likely N-dealkylation sites (tertiary alicyclic amines) is 1. The Bertz CT molecular complexity index is 1500. The average molecular weight is 729 g/mol. The molecule has 3 aromatic rings. The summed E-state index contributed by atoms with van der Waals surface area (Å²) in [5.41, 5.74) is 2.36. The molecule has 0 spiro atoms. The Labute approximate surface area is 310 Å². The van der Waals surface area contributed by atoms with E-state index in [1.807, 2.05) is 35.9 Å². The first-order chi connectivity index (χ1) is 20.1. The van der Waals surface area contributed by atoms with E-state index in [1.54, 1.807) is 30.3 Å².